The predicted octanol–water partition coefficient (Wildman–Crippen LogP) is 9.46. The van der Waals surface area contributed by atoms with Crippen LogP contribution < -0.4 is 20.1 Å². The third kappa shape index (κ3) is 9.57. The number of ether oxygens (including phenoxy) is 2. The lowest BCUT2D eigenvalue weighted by Gasteiger charge is -2.17. The van der Waals surface area contributed by atoms with E-state index in [4.69, 9.17) is 9.47 Å². The first-order valence-corrected chi connectivity index (χ1v) is 15.5. The summed E-state index contributed by atoms with van der Waals surface area (Å²) in [6, 6.07) is 40.6. The highest BCUT2D eigenvalue weighted by molar-refractivity contribution is 5.86. The Labute approximate surface area is 263 Å². The fourth-order valence-electron chi connectivity index (χ4n) is 5.18. The predicted molar refractivity (Wildman–Crippen MR) is 186 cm³/mol. The van der Waals surface area contributed by atoms with Crippen molar-refractivity contribution in [2.75, 3.05) is 20.3 Å². The molecule has 0 spiro atoms. The summed E-state index contributed by atoms with van der Waals surface area (Å²) >= 11 is 0. The second kappa shape index (κ2) is 17.0. The van der Waals surface area contributed by atoms with Crippen LogP contribution >= 0.6 is 0 Å². The fraction of sp³-hybridized carbons (Fsp3) is 0.250. The number of benzene rings is 5. The SMILES string of the molecule is CCOc1ccc(CN[C@H](C)c2cccc3ccccc23)cc1C.COc1cccc([C@@H](C)NC/C=C/c2ccccc2)c1. The Balaban J connectivity index is 0.000000204. The van der Waals surface area contributed by atoms with Gasteiger partial charge in [0.1, 0.15) is 11.5 Å². The monoisotopic (exact) mass is 586 g/mol. The van der Waals surface area contributed by atoms with Crippen molar-refractivity contribution >= 4 is 16.8 Å². The summed E-state index contributed by atoms with van der Waals surface area (Å²) in [5.41, 5.74) is 6.27. The number of methoxy groups -OCH3 is 1. The molecule has 4 nitrogen and oxygen atoms in total. The molecule has 4 heteroatoms. The molecule has 0 saturated carbocycles. The minimum absolute atomic E-state index is 0.294. The number of nitrogens with one attached hydrogen (secondary N) is 2. The van der Waals surface area contributed by atoms with Gasteiger partial charge in [-0.2, -0.15) is 0 Å². The van der Waals surface area contributed by atoms with Gasteiger partial charge in [-0.3, -0.25) is 0 Å². The maximum absolute atomic E-state index is 5.61. The van der Waals surface area contributed by atoms with E-state index >= 15 is 0 Å². The first-order chi connectivity index (χ1) is 21.5. The molecule has 0 unspecified atom stereocenters. The summed E-state index contributed by atoms with van der Waals surface area (Å²) in [7, 11) is 1.69. The first-order valence-electron chi connectivity index (χ1n) is 15.5. The summed E-state index contributed by atoms with van der Waals surface area (Å²) in [4.78, 5) is 0. The van der Waals surface area contributed by atoms with Gasteiger partial charge in [0.25, 0.3) is 0 Å². The molecule has 0 heterocycles. The van der Waals surface area contributed by atoms with Crippen molar-refractivity contribution in [3.8, 4) is 11.5 Å². The summed E-state index contributed by atoms with van der Waals surface area (Å²) in [5, 5.41) is 9.74. The molecule has 0 radical (unpaired) electrons. The van der Waals surface area contributed by atoms with Crippen LogP contribution in [-0.2, 0) is 6.54 Å². The Morgan fingerprint density at radius 2 is 1.50 bits per heavy atom. The molecule has 0 aliphatic carbocycles. The van der Waals surface area contributed by atoms with E-state index in [1.165, 1.54) is 38.6 Å². The zero-order valence-electron chi connectivity index (χ0n) is 26.7. The minimum atomic E-state index is 0.294. The van der Waals surface area contributed by atoms with Crippen LogP contribution in [0.25, 0.3) is 16.8 Å². The van der Waals surface area contributed by atoms with E-state index in [1.807, 2.05) is 37.3 Å². The third-order valence-electron chi connectivity index (χ3n) is 7.69. The summed E-state index contributed by atoms with van der Waals surface area (Å²) in [5.74, 6) is 1.87. The Morgan fingerprint density at radius 1 is 0.750 bits per heavy atom. The lowest BCUT2D eigenvalue weighted by molar-refractivity contribution is 0.337. The van der Waals surface area contributed by atoms with E-state index in [9.17, 15) is 0 Å². The van der Waals surface area contributed by atoms with E-state index in [-0.39, 0.29) is 0 Å². The van der Waals surface area contributed by atoms with Crippen molar-refractivity contribution in [1.29, 1.82) is 0 Å². The topological polar surface area (TPSA) is 42.5 Å². The third-order valence-corrected chi connectivity index (χ3v) is 7.69. The first kappa shape index (κ1) is 32.5. The fourth-order valence-corrected chi connectivity index (χ4v) is 5.18. The summed E-state index contributed by atoms with van der Waals surface area (Å²) in [6.45, 7) is 10.9. The van der Waals surface area contributed by atoms with Crippen molar-refractivity contribution in [1.82, 2.24) is 10.6 Å². The van der Waals surface area contributed by atoms with Crippen LogP contribution in [0, 0.1) is 6.92 Å². The van der Waals surface area contributed by atoms with Gasteiger partial charge in [-0.05, 0) is 84.5 Å². The number of aryl methyl sites for hydroxylation is 1. The molecule has 2 N–H and O–H groups in total. The molecule has 5 aromatic rings. The van der Waals surface area contributed by atoms with Crippen molar-refractivity contribution in [2.24, 2.45) is 0 Å². The molecule has 0 fully saturated rings. The van der Waals surface area contributed by atoms with Gasteiger partial charge in [0.05, 0.1) is 13.7 Å². The smallest absolute Gasteiger partial charge is 0.122 e. The highest BCUT2D eigenvalue weighted by atomic mass is 16.5. The zero-order valence-corrected chi connectivity index (χ0v) is 26.7. The molecule has 228 valence electrons. The second-order valence-electron chi connectivity index (χ2n) is 10.9. The molecule has 2 atom stereocenters. The van der Waals surface area contributed by atoms with Crippen LogP contribution in [0.4, 0.5) is 0 Å². The molecule has 44 heavy (non-hydrogen) atoms. The molecule has 0 saturated heterocycles. The van der Waals surface area contributed by atoms with Gasteiger partial charge in [0, 0.05) is 25.2 Å². The van der Waals surface area contributed by atoms with E-state index in [0.717, 1.165) is 24.6 Å². The maximum atomic E-state index is 5.61. The molecule has 0 aliphatic rings. The van der Waals surface area contributed by atoms with Gasteiger partial charge in [0.2, 0.25) is 0 Å². The largest absolute Gasteiger partial charge is 0.497 e. The van der Waals surface area contributed by atoms with Crippen LogP contribution in [0.1, 0.15) is 60.7 Å². The highest BCUT2D eigenvalue weighted by Gasteiger charge is 2.09. The standard InChI is InChI=1S/C22H25NO.C18H21NO/c1-4-24-22-13-12-18(14-16(22)2)15-23-17(3)20-11-7-9-19-8-5-6-10-21(19)20;1-15(17-11-6-12-18(14-17)20-2)19-13-7-10-16-8-4-3-5-9-16/h5-14,17,23H,4,15H2,1-3H3;3-12,14-15,19H,13H2,1-2H3/b;10-7+/t17-;15-/m11/s1. The normalized spacial score (nSPS) is 12.4. The van der Waals surface area contributed by atoms with E-state index < -0.39 is 0 Å². The Hall–Kier alpha value is -4.38. The second-order valence-corrected chi connectivity index (χ2v) is 10.9. The van der Waals surface area contributed by atoms with E-state index in [2.05, 4.69) is 128 Å². The van der Waals surface area contributed by atoms with Gasteiger partial charge in [-0.1, -0.05) is 109 Å². The van der Waals surface area contributed by atoms with Crippen LogP contribution in [0.2, 0.25) is 0 Å². The lowest BCUT2D eigenvalue weighted by atomic mass is 9.99. The number of fused-ring (bicyclic) bond motifs is 1. The number of rotatable bonds is 12. The average Bonchev–Trinajstić information content (AvgIpc) is 3.07. The Morgan fingerprint density at radius 3 is 2.27 bits per heavy atom. The minimum Gasteiger partial charge on any atom is -0.497 e. The number of hydrogen-bond acceptors (Lipinski definition) is 4. The quantitative estimate of drug-likeness (QED) is 0.153. The van der Waals surface area contributed by atoms with Gasteiger partial charge >= 0.3 is 0 Å². The Kier molecular flexibility index (Phi) is 12.6. The molecule has 0 aromatic heterocycles. The van der Waals surface area contributed by atoms with Crippen LogP contribution in [0.3, 0.4) is 0 Å². The molecular weight excluding hydrogens is 540 g/mol. The van der Waals surface area contributed by atoms with Crippen molar-refractivity contribution < 1.29 is 9.47 Å². The van der Waals surface area contributed by atoms with Crippen molar-refractivity contribution in [3.05, 3.63) is 149 Å². The van der Waals surface area contributed by atoms with Gasteiger partial charge < -0.3 is 20.1 Å². The molecule has 0 amide bonds. The molecule has 0 aliphatic heterocycles. The molecule has 5 rings (SSSR count). The maximum Gasteiger partial charge on any atom is 0.122 e. The van der Waals surface area contributed by atoms with Crippen LogP contribution in [0.5, 0.6) is 11.5 Å². The Bertz CT molecular complexity index is 1610. The lowest BCUT2D eigenvalue weighted by Crippen LogP contribution is -2.18. The molecular formula is C40H46N2O2. The summed E-state index contributed by atoms with van der Waals surface area (Å²) < 4.78 is 10.9. The van der Waals surface area contributed by atoms with Gasteiger partial charge in [-0.15, -0.1) is 0 Å². The zero-order chi connectivity index (χ0) is 31.1. The van der Waals surface area contributed by atoms with E-state index in [1.54, 1.807) is 7.11 Å². The van der Waals surface area contributed by atoms with Crippen LogP contribution in [0.15, 0.2) is 121 Å². The highest BCUT2D eigenvalue weighted by Crippen LogP contribution is 2.25. The van der Waals surface area contributed by atoms with Crippen molar-refractivity contribution in [2.45, 2.75) is 46.3 Å². The van der Waals surface area contributed by atoms with Crippen molar-refractivity contribution in [3.63, 3.8) is 0 Å². The van der Waals surface area contributed by atoms with Gasteiger partial charge in [-0.25, -0.2) is 0 Å². The molecule has 0 bridgehead atoms. The molecule has 5 aromatic carbocycles. The van der Waals surface area contributed by atoms with Gasteiger partial charge in [0.15, 0.2) is 0 Å². The van der Waals surface area contributed by atoms with E-state index in [0.29, 0.717) is 18.7 Å². The summed E-state index contributed by atoms with van der Waals surface area (Å²) in [6.07, 6.45) is 4.28. The average molecular weight is 587 g/mol. The van der Waals surface area contributed by atoms with Crippen LogP contribution in [-0.4, -0.2) is 20.3 Å². The number of hydrogen-bond donors (Lipinski definition) is 2.